The van der Waals surface area contributed by atoms with Gasteiger partial charge in [0.05, 0.1) is 6.61 Å². The van der Waals surface area contributed by atoms with Gasteiger partial charge in [0.2, 0.25) is 5.13 Å². The number of nitrogens with zero attached hydrogens (tertiary/aromatic N) is 3. The zero-order chi connectivity index (χ0) is 15.0. The molecule has 1 N–H and O–H groups in total. The van der Waals surface area contributed by atoms with Gasteiger partial charge < -0.3 is 10.0 Å². The number of aliphatic hydroxyl groups excluding tert-OH is 1. The molecule has 2 aromatic rings. The maximum absolute atomic E-state index is 13.2. The van der Waals surface area contributed by atoms with Crippen LogP contribution in [-0.4, -0.2) is 34.2 Å². The molecule has 0 spiro atoms. The molecule has 21 heavy (non-hydrogen) atoms. The average Bonchev–Trinajstić information content (AvgIpc) is 3.05. The topological polar surface area (TPSA) is 49.2 Å². The standard InChI is InChI=1S/C14H15F2N3OS/c1-14(8-20)2-3-19(7-14)13-17-12(18-21-13)9-4-10(15)6-11(16)5-9/h4-6,20H,2-3,7-8H2,1H3. The molecule has 1 unspecified atom stereocenters. The van der Waals surface area contributed by atoms with Gasteiger partial charge in [-0.25, -0.2) is 8.78 Å². The van der Waals surface area contributed by atoms with E-state index in [2.05, 4.69) is 9.36 Å². The first-order valence-electron chi connectivity index (χ1n) is 6.65. The first kappa shape index (κ1) is 14.3. The number of anilines is 1. The molecular formula is C14H15F2N3OS. The second-order valence-corrected chi connectivity index (χ2v) is 6.43. The van der Waals surface area contributed by atoms with Gasteiger partial charge in [-0.05, 0) is 18.6 Å². The summed E-state index contributed by atoms with van der Waals surface area (Å²) >= 11 is 1.20. The van der Waals surface area contributed by atoms with E-state index in [1.54, 1.807) is 0 Å². The van der Waals surface area contributed by atoms with Gasteiger partial charge in [0.15, 0.2) is 5.82 Å². The molecule has 1 aliphatic rings. The Kier molecular flexibility index (Phi) is 3.62. The van der Waals surface area contributed by atoms with Crippen molar-refractivity contribution in [3.05, 3.63) is 29.8 Å². The van der Waals surface area contributed by atoms with Crippen molar-refractivity contribution in [2.24, 2.45) is 5.41 Å². The van der Waals surface area contributed by atoms with Gasteiger partial charge in [-0.1, -0.05) is 6.92 Å². The number of halogens is 2. The first-order valence-corrected chi connectivity index (χ1v) is 7.42. The Morgan fingerprint density at radius 2 is 2.05 bits per heavy atom. The van der Waals surface area contributed by atoms with Crippen LogP contribution in [-0.2, 0) is 0 Å². The molecule has 1 aliphatic heterocycles. The van der Waals surface area contributed by atoms with E-state index in [0.717, 1.165) is 19.0 Å². The van der Waals surface area contributed by atoms with Crippen LogP contribution in [0.3, 0.4) is 0 Å². The second-order valence-electron chi connectivity index (χ2n) is 5.70. The molecule has 7 heteroatoms. The highest BCUT2D eigenvalue weighted by Crippen LogP contribution is 2.34. The lowest BCUT2D eigenvalue weighted by Gasteiger charge is -2.21. The highest BCUT2D eigenvalue weighted by molar-refractivity contribution is 7.09. The highest BCUT2D eigenvalue weighted by Gasteiger charge is 2.34. The van der Waals surface area contributed by atoms with Crippen LogP contribution in [0.4, 0.5) is 13.9 Å². The number of aliphatic hydroxyl groups is 1. The predicted octanol–water partition coefficient (Wildman–Crippen LogP) is 2.69. The Bertz CT molecular complexity index is 643. The van der Waals surface area contributed by atoms with Crippen molar-refractivity contribution >= 4 is 16.7 Å². The minimum atomic E-state index is -0.643. The Balaban J connectivity index is 1.84. The van der Waals surface area contributed by atoms with Crippen molar-refractivity contribution in [2.45, 2.75) is 13.3 Å². The van der Waals surface area contributed by atoms with E-state index in [0.29, 0.717) is 23.1 Å². The van der Waals surface area contributed by atoms with E-state index in [1.807, 2.05) is 11.8 Å². The van der Waals surface area contributed by atoms with Crippen molar-refractivity contribution in [3.8, 4) is 11.4 Å². The van der Waals surface area contributed by atoms with Crippen LogP contribution in [0.2, 0.25) is 0 Å². The van der Waals surface area contributed by atoms with E-state index in [-0.39, 0.29) is 12.0 Å². The Labute approximate surface area is 125 Å². The Hall–Kier alpha value is -1.60. The van der Waals surface area contributed by atoms with Crippen molar-refractivity contribution in [2.75, 3.05) is 24.6 Å². The normalized spacial score (nSPS) is 22.0. The molecule has 1 aromatic carbocycles. The fourth-order valence-corrected chi connectivity index (χ4v) is 3.17. The fraction of sp³-hybridized carbons (Fsp3) is 0.429. The van der Waals surface area contributed by atoms with Crippen molar-refractivity contribution in [3.63, 3.8) is 0 Å². The van der Waals surface area contributed by atoms with Gasteiger partial charge in [-0.15, -0.1) is 0 Å². The molecule has 1 saturated heterocycles. The quantitative estimate of drug-likeness (QED) is 0.947. The summed E-state index contributed by atoms with van der Waals surface area (Å²) in [6.45, 7) is 3.65. The van der Waals surface area contributed by atoms with Gasteiger partial charge in [-0.3, -0.25) is 0 Å². The molecule has 1 fully saturated rings. The SMILES string of the molecule is CC1(CO)CCN(c2nc(-c3cc(F)cc(F)c3)ns2)C1. The summed E-state index contributed by atoms with van der Waals surface area (Å²) in [6.07, 6.45) is 0.882. The third kappa shape index (κ3) is 2.89. The maximum Gasteiger partial charge on any atom is 0.205 e. The van der Waals surface area contributed by atoms with Crippen molar-refractivity contribution < 1.29 is 13.9 Å². The van der Waals surface area contributed by atoms with E-state index in [4.69, 9.17) is 0 Å². The lowest BCUT2D eigenvalue weighted by molar-refractivity contribution is 0.162. The number of hydrogen-bond acceptors (Lipinski definition) is 5. The molecule has 0 saturated carbocycles. The minimum absolute atomic E-state index is 0.128. The van der Waals surface area contributed by atoms with Gasteiger partial charge in [0.25, 0.3) is 0 Å². The summed E-state index contributed by atoms with van der Waals surface area (Å²) in [5, 5.41) is 10.1. The molecule has 0 amide bonds. The summed E-state index contributed by atoms with van der Waals surface area (Å²) in [5.74, 6) is -0.961. The smallest absolute Gasteiger partial charge is 0.205 e. The molecule has 112 valence electrons. The fourth-order valence-electron chi connectivity index (χ4n) is 2.46. The van der Waals surface area contributed by atoms with Crippen LogP contribution in [0.25, 0.3) is 11.4 Å². The van der Waals surface area contributed by atoms with Crippen molar-refractivity contribution in [1.29, 1.82) is 0 Å². The molecule has 2 heterocycles. The zero-order valence-corrected chi connectivity index (χ0v) is 12.3. The first-order chi connectivity index (χ1) is 9.99. The number of aromatic nitrogens is 2. The van der Waals surface area contributed by atoms with Crippen LogP contribution in [0.15, 0.2) is 18.2 Å². The minimum Gasteiger partial charge on any atom is -0.396 e. The summed E-state index contributed by atoms with van der Waals surface area (Å²) in [5.41, 5.74) is 0.204. The summed E-state index contributed by atoms with van der Waals surface area (Å²) in [4.78, 5) is 6.41. The van der Waals surface area contributed by atoms with E-state index < -0.39 is 11.6 Å². The van der Waals surface area contributed by atoms with Crippen LogP contribution in [0.5, 0.6) is 0 Å². The van der Waals surface area contributed by atoms with Gasteiger partial charge in [0, 0.05) is 41.7 Å². The molecule has 0 aliphatic carbocycles. The van der Waals surface area contributed by atoms with E-state index in [9.17, 15) is 13.9 Å². The van der Waals surface area contributed by atoms with E-state index in [1.165, 1.54) is 23.7 Å². The second kappa shape index (κ2) is 5.31. The molecule has 1 atom stereocenters. The molecule has 4 nitrogen and oxygen atoms in total. The number of hydrogen-bond donors (Lipinski definition) is 1. The lowest BCUT2D eigenvalue weighted by Crippen LogP contribution is -2.27. The Morgan fingerprint density at radius 3 is 2.67 bits per heavy atom. The van der Waals surface area contributed by atoms with Gasteiger partial charge in [-0.2, -0.15) is 9.36 Å². The highest BCUT2D eigenvalue weighted by atomic mass is 32.1. The Morgan fingerprint density at radius 1 is 1.33 bits per heavy atom. The summed E-state index contributed by atoms with van der Waals surface area (Å²) in [7, 11) is 0. The molecule has 1 aromatic heterocycles. The molecule has 0 radical (unpaired) electrons. The third-order valence-corrected chi connectivity index (χ3v) is 4.52. The molecule has 3 rings (SSSR count). The van der Waals surface area contributed by atoms with Crippen molar-refractivity contribution in [1.82, 2.24) is 9.36 Å². The number of rotatable bonds is 3. The van der Waals surface area contributed by atoms with Crippen LogP contribution in [0.1, 0.15) is 13.3 Å². The van der Waals surface area contributed by atoms with Crippen LogP contribution < -0.4 is 4.90 Å². The number of benzene rings is 1. The lowest BCUT2D eigenvalue weighted by atomic mass is 9.91. The van der Waals surface area contributed by atoms with Gasteiger partial charge >= 0.3 is 0 Å². The zero-order valence-electron chi connectivity index (χ0n) is 11.5. The maximum atomic E-state index is 13.2. The van der Waals surface area contributed by atoms with Crippen LogP contribution in [0, 0.1) is 17.0 Å². The molecule has 0 bridgehead atoms. The van der Waals surface area contributed by atoms with Crippen LogP contribution >= 0.6 is 11.5 Å². The summed E-state index contributed by atoms with van der Waals surface area (Å²) < 4.78 is 30.7. The molecular weight excluding hydrogens is 296 g/mol. The third-order valence-electron chi connectivity index (χ3n) is 3.75. The predicted molar refractivity (Wildman–Crippen MR) is 77.3 cm³/mol. The summed E-state index contributed by atoms with van der Waals surface area (Å²) in [6, 6.07) is 3.26. The van der Waals surface area contributed by atoms with E-state index >= 15 is 0 Å². The average molecular weight is 311 g/mol. The van der Waals surface area contributed by atoms with Gasteiger partial charge in [0.1, 0.15) is 11.6 Å². The monoisotopic (exact) mass is 311 g/mol. The largest absolute Gasteiger partial charge is 0.396 e.